The van der Waals surface area contributed by atoms with Gasteiger partial charge in [-0.2, -0.15) is 0 Å². The molecule has 0 aliphatic carbocycles. The van der Waals surface area contributed by atoms with E-state index in [4.69, 9.17) is 14.1 Å². The SMILES string of the molecule is C1=C(c2ccccc2)N(c2ccccc2)CN1c1cccc(Oc2ccc3c4ccccc4n(-c4cc5oc6ccccc6c5cn4)c3c2)c1. The first kappa shape index (κ1) is 28.2. The zero-order valence-corrected chi connectivity index (χ0v) is 27.0. The molecule has 50 heavy (non-hydrogen) atoms. The minimum Gasteiger partial charge on any atom is -0.457 e. The molecule has 0 saturated heterocycles. The van der Waals surface area contributed by atoms with Crippen LogP contribution in [0.3, 0.4) is 0 Å². The second-order valence-electron chi connectivity index (χ2n) is 12.5. The van der Waals surface area contributed by atoms with Crippen LogP contribution in [0.1, 0.15) is 5.56 Å². The zero-order valence-electron chi connectivity index (χ0n) is 27.0. The molecular weight excluding hydrogens is 617 g/mol. The molecular formula is C44H30N4O2. The van der Waals surface area contributed by atoms with E-state index in [0.717, 1.165) is 78.1 Å². The van der Waals surface area contributed by atoms with Crippen molar-refractivity contribution >= 4 is 60.8 Å². The second kappa shape index (κ2) is 11.4. The first-order valence-electron chi connectivity index (χ1n) is 16.7. The maximum Gasteiger partial charge on any atom is 0.141 e. The predicted octanol–water partition coefficient (Wildman–Crippen LogP) is 11.2. The van der Waals surface area contributed by atoms with Gasteiger partial charge in [-0.25, -0.2) is 4.98 Å². The maximum absolute atomic E-state index is 6.59. The number of hydrogen-bond donors (Lipinski definition) is 0. The van der Waals surface area contributed by atoms with E-state index < -0.39 is 0 Å². The van der Waals surface area contributed by atoms with Gasteiger partial charge in [0.2, 0.25) is 0 Å². The van der Waals surface area contributed by atoms with Gasteiger partial charge in [-0.15, -0.1) is 0 Å². The summed E-state index contributed by atoms with van der Waals surface area (Å²) in [6.45, 7) is 0.687. The van der Waals surface area contributed by atoms with Gasteiger partial charge in [0, 0.05) is 63.5 Å². The summed E-state index contributed by atoms with van der Waals surface area (Å²) < 4.78 is 15.0. The van der Waals surface area contributed by atoms with Gasteiger partial charge in [-0.3, -0.25) is 4.57 Å². The molecule has 0 fully saturated rings. The summed E-state index contributed by atoms with van der Waals surface area (Å²) >= 11 is 0. The van der Waals surface area contributed by atoms with Crippen LogP contribution in [0, 0.1) is 0 Å². The molecule has 6 aromatic carbocycles. The van der Waals surface area contributed by atoms with Gasteiger partial charge >= 0.3 is 0 Å². The lowest BCUT2D eigenvalue weighted by molar-refractivity contribution is 0.483. The lowest BCUT2D eigenvalue weighted by atomic mass is 10.1. The Balaban J connectivity index is 1.02. The third-order valence-corrected chi connectivity index (χ3v) is 9.51. The van der Waals surface area contributed by atoms with E-state index in [-0.39, 0.29) is 0 Å². The normalized spacial score (nSPS) is 13.2. The van der Waals surface area contributed by atoms with E-state index >= 15 is 0 Å². The molecule has 9 aromatic rings. The Labute approximate surface area is 288 Å². The van der Waals surface area contributed by atoms with Gasteiger partial charge in [0.1, 0.15) is 28.5 Å². The van der Waals surface area contributed by atoms with Crippen LogP contribution in [0.5, 0.6) is 11.5 Å². The highest BCUT2D eigenvalue weighted by atomic mass is 16.5. The molecule has 0 N–H and O–H groups in total. The summed E-state index contributed by atoms with van der Waals surface area (Å²) in [5.74, 6) is 2.30. The van der Waals surface area contributed by atoms with E-state index in [9.17, 15) is 0 Å². The van der Waals surface area contributed by atoms with Gasteiger partial charge in [-0.05, 0) is 54.1 Å². The lowest BCUT2D eigenvalue weighted by Crippen LogP contribution is -2.26. The average Bonchev–Trinajstić information content (AvgIpc) is 3.88. The molecule has 0 atom stereocenters. The van der Waals surface area contributed by atoms with E-state index in [1.165, 1.54) is 5.56 Å². The maximum atomic E-state index is 6.59. The van der Waals surface area contributed by atoms with Crippen molar-refractivity contribution < 1.29 is 9.15 Å². The summed E-state index contributed by atoms with van der Waals surface area (Å²) in [4.78, 5) is 9.55. The molecule has 238 valence electrons. The van der Waals surface area contributed by atoms with Crippen LogP contribution in [0.2, 0.25) is 0 Å². The molecule has 4 heterocycles. The number of aromatic nitrogens is 2. The van der Waals surface area contributed by atoms with Crippen molar-refractivity contribution in [2.45, 2.75) is 0 Å². The minimum absolute atomic E-state index is 0.687. The number of fused-ring (bicyclic) bond motifs is 6. The van der Waals surface area contributed by atoms with Crippen molar-refractivity contribution in [2.75, 3.05) is 16.5 Å². The number of benzene rings is 6. The molecule has 1 aliphatic heterocycles. The Hall–Kier alpha value is -6.79. The van der Waals surface area contributed by atoms with Crippen molar-refractivity contribution in [3.63, 3.8) is 0 Å². The van der Waals surface area contributed by atoms with Crippen molar-refractivity contribution in [3.8, 4) is 17.3 Å². The summed E-state index contributed by atoms with van der Waals surface area (Å²) in [7, 11) is 0. The van der Waals surface area contributed by atoms with E-state index in [0.29, 0.717) is 6.67 Å². The van der Waals surface area contributed by atoms with Gasteiger partial charge in [-0.1, -0.05) is 91.0 Å². The van der Waals surface area contributed by atoms with Crippen molar-refractivity contribution in [3.05, 3.63) is 176 Å². The molecule has 6 heteroatoms. The van der Waals surface area contributed by atoms with E-state index in [1.54, 1.807) is 0 Å². The standard InChI is InChI=1S/C44H30N4O2/c1-3-12-30(13-4-1)41-28-46(29-47(41)31-14-5-2-6-15-31)32-16-11-17-33(24-32)49-34-22-23-36-35-18-7-9-20-39(35)48(40(36)25-34)44-26-43-38(27-45-44)37-19-8-10-21-42(37)50-43/h1-28H,29H2. The van der Waals surface area contributed by atoms with Crippen LogP contribution in [0.4, 0.5) is 11.4 Å². The third-order valence-electron chi connectivity index (χ3n) is 9.51. The van der Waals surface area contributed by atoms with Crippen LogP contribution in [-0.2, 0) is 0 Å². The van der Waals surface area contributed by atoms with Gasteiger partial charge < -0.3 is 19.0 Å². The fraction of sp³-hybridized carbons (Fsp3) is 0.0227. The summed E-state index contributed by atoms with van der Waals surface area (Å²) in [5.41, 5.74) is 8.26. The largest absolute Gasteiger partial charge is 0.457 e. The van der Waals surface area contributed by atoms with E-state index in [1.807, 2.05) is 48.7 Å². The number of pyridine rings is 1. The predicted molar refractivity (Wildman–Crippen MR) is 203 cm³/mol. The van der Waals surface area contributed by atoms with E-state index in [2.05, 4.69) is 136 Å². The molecule has 0 amide bonds. The Morgan fingerprint density at radius 3 is 2.14 bits per heavy atom. The van der Waals surface area contributed by atoms with Gasteiger partial charge in [0.05, 0.1) is 23.4 Å². The molecule has 10 rings (SSSR count). The number of anilines is 2. The van der Waals surface area contributed by atoms with Gasteiger partial charge in [0.15, 0.2) is 0 Å². The van der Waals surface area contributed by atoms with Crippen LogP contribution in [0.25, 0.3) is 55.3 Å². The molecule has 0 radical (unpaired) electrons. The smallest absolute Gasteiger partial charge is 0.141 e. The van der Waals surface area contributed by atoms with Crippen molar-refractivity contribution in [2.24, 2.45) is 0 Å². The number of para-hydroxylation sites is 3. The lowest BCUT2D eigenvalue weighted by Gasteiger charge is -2.24. The molecule has 0 unspecified atom stereocenters. The Kier molecular flexibility index (Phi) is 6.45. The first-order chi connectivity index (χ1) is 24.8. The highest BCUT2D eigenvalue weighted by Gasteiger charge is 2.25. The Bertz CT molecular complexity index is 2730. The topological polar surface area (TPSA) is 46.7 Å². The Morgan fingerprint density at radius 2 is 1.26 bits per heavy atom. The molecule has 3 aromatic heterocycles. The highest BCUT2D eigenvalue weighted by molar-refractivity contribution is 6.10. The number of rotatable bonds is 6. The van der Waals surface area contributed by atoms with Crippen molar-refractivity contribution in [1.82, 2.24) is 9.55 Å². The third kappa shape index (κ3) is 4.69. The highest BCUT2D eigenvalue weighted by Crippen LogP contribution is 2.38. The first-order valence-corrected chi connectivity index (χ1v) is 16.7. The average molecular weight is 647 g/mol. The monoisotopic (exact) mass is 646 g/mol. The molecule has 0 bridgehead atoms. The number of furan rings is 1. The molecule has 0 spiro atoms. The number of ether oxygens (including phenoxy) is 1. The molecule has 6 nitrogen and oxygen atoms in total. The number of nitrogens with zero attached hydrogens (tertiary/aromatic N) is 4. The van der Waals surface area contributed by atoms with Crippen LogP contribution in [0.15, 0.2) is 175 Å². The van der Waals surface area contributed by atoms with Crippen molar-refractivity contribution in [1.29, 1.82) is 0 Å². The Morgan fingerprint density at radius 1 is 0.540 bits per heavy atom. The van der Waals surface area contributed by atoms with Crippen LogP contribution >= 0.6 is 0 Å². The minimum atomic E-state index is 0.687. The molecule has 0 saturated carbocycles. The fourth-order valence-corrected chi connectivity index (χ4v) is 7.17. The van der Waals surface area contributed by atoms with Crippen LogP contribution in [-0.4, -0.2) is 16.2 Å². The number of hydrogen-bond acceptors (Lipinski definition) is 5. The summed E-state index contributed by atoms with van der Waals surface area (Å²) in [6, 6.07) is 54.2. The summed E-state index contributed by atoms with van der Waals surface area (Å²) in [5, 5.41) is 4.35. The van der Waals surface area contributed by atoms with Crippen LogP contribution < -0.4 is 14.5 Å². The summed E-state index contributed by atoms with van der Waals surface area (Å²) in [6.07, 6.45) is 4.13. The quantitative estimate of drug-likeness (QED) is 0.180. The molecule has 1 aliphatic rings. The zero-order chi connectivity index (χ0) is 33.0. The second-order valence-corrected chi connectivity index (χ2v) is 12.5. The van der Waals surface area contributed by atoms with Gasteiger partial charge in [0.25, 0.3) is 0 Å². The fourth-order valence-electron chi connectivity index (χ4n) is 7.17.